The van der Waals surface area contributed by atoms with Gasteiger partial charge in [0, 0.05) is 37.1 Å². The molecule has 1 aromatic heterocycles. The lowest BCUT2D eigenvalue weighted by Crippen LogP contribution is -2.39. The third-order valence-corrected chi connectivity index (χ3v) is 5.81. The second-order valence-electron chi connectivity index (χ2n) is 7.36. The van der Waals surface area contributed by atoms with Crippen molar-refractivity contribution in [1.82, 2.24) is 9.47 Å². The Morgan fingerprint density at radius 3 is 2.39 bits per heavy atom. The molecule has 2 heterocycles. The second kappa shape index (κ2) is 7.08. The van der Waals surface area contributed by atoms with Gasteiger partial charge in [-0.3, -0.25) is 4.79 Å². The maximum absolute atomic E-state index is 12.9. The van der Waals surface area contributed by atoms with Crippen LogP contribution < -0.4 is 0 Å². The first kappa shape index (κ1) is 16.6. The molecule has 0 aromatic carbocycles. The van der Waals surface area contributed by atoms with Gasteiger partial charge in [0.15, 0.2) is 0 Å². The number of piperidine rings is 1. The first-order valence-electron chi connectivity index (χ1n) is 9.20. The van der Waals surface area contributed by atoms with E-state index in [1.807, 2.05) is 4.90 Å². The zero-order valence-electron chi connectivity index (χ0n) is 14.6. The number of hydrogen-bond donors (Lipinski definition) is 1. The molecule has 1 aliphatic heterocycles. The normalized spacial score (nSPS) is 20.9. The maximum Gasteiger partial charge on any atom is 0.255 e. The van der Waals surface area contributed by atoms with Crippen molar-refractivity contribution in [1.29, 1.82) is 0 Å². The highest BCUT2D eigenvalue weighted by Crippen LogP contribution is 2.32. The SMILES string of the molecule is Cc1cc(C(=O)N2CCC(CO)CC2)c(C)n1C1CCCCC1. The summed E-state index contributed by atoms with van der Waals surface area (Å²) >= 11 is 0. The van der Waals surface area contributed by atoms with Gasteiger partial charge in [-0.25, -0.2) is 0 Å². The van der Waals surface area contributed by atoms with E-state index in [0.717, 1.165) is 37.2 Å². The van der Waals surface area contributed by atoms with Crippen molar-refractivity contribution in [3.05, 3.63) is 23.0 Å². The summed E-state index contributed by atoms with van der Waals surface area (Å²) in [5, 5.41) is 9.25. The van der Waals surface area contributed by atoms with E-state index in [1.54, 1.807) is 0 Å². The minimum absolute atomic E-state index is 0.177. The standard InChI is InChI=1S/C19H30N2O2/c1-14-12-18(15(2)21(14)17-6-4-3-5-7-17)19(23)20-10-8-16(13-22)9-11-20/h12,16-17,22H,3-11,13H2,1-2H3. The molecular formula is C19H30N2O2. The van der Waals surface area contributed by atoms with Gasteiger partial charge in [0.05, 0.1) is 5.56 Å². The van der Waals surface area contributed by atoms with Gasteiger partial charge >= 0.3 is 0 Å². The van der Waals surface area contributed by atoms with E-state index in [4.69, 9.17) is 0 Å². The van der Waals surface area contributed by atoms with Crippen LogP contribution in [-0.2, 0) is 0 Å². The van der Waals surface area contributed by atoms with Gasteiger partial charge in [-0.05, 0) is 51.5 Å². The Morgan fingerprint density at radius 1 is 1.13 bits per heavy atom. The number of rotatable bonds is 3. The van der Waals surface area contributed by atoms with E-state index in [9.17, 15) is 9.90 Å². The molecule has 1 saturated carbocycles. The molecule has 3 rings (SSSR count). The predicted molar refractivity (Wildman–Crippen MR) is 91.7 cm³/mol. The van der Waals surface area contributed by atoms with E-state index in [0.29, 0.717) is 12.0 Å². The van der Waals surface area contributed by atoms with E-state index in [1.165, 1.54) is 37.8 Å². The van der Waals surface area contributed by atoms with Gasteiger partial charge in [0.1, 0.15) is 0 Å². The van der Waals surface area contributed by atoms with Gasteiger partial charge in [0.25, 0.3) is 5.91 Å². The Balaban J connectivity index is 1.76. The van der Waals surface area contributed by atoms with Crippen LogP contribution in [0.15, 0.2) is 6.07 Å². The molecule has 23 heavy (non-hydrogen) atoms. The van der Waals surface area contributed by atoms with Crippen molar-refractivity contribution in [2.75, 3.05) is 19.7 Å². The molecule has 4 heteroatoms. The number of carbonyl (C=O) groups is 1. The van der Waals surface area contributed by atoms with Crippen molar-refractivity contribution in [3.63, 3.8) is 0 Å². The Morgan fingerprint density at radius 2 is 1.78 bits per heavy atom. The average molecular weight is 318 g/mol. The average Bonchev–Trinajstić information content (AvgIpc) is 2.89. The zero-order valence-corrected chi connectivity index (χ0v) is 14.6. The van der Waals surface area contributed by atoms with Crippen molar-refractivity contribution in [2.24, 2.45) is 5.92 Å². The van der Waals surface area contributed by atoms with Crippen LogP contribution in [-0.4, -0.2) is 40.2 Å². The summed E-state index contributed by atoms with van der Waals surface area (Å²) in [6.07, 6.45) is 8.28. The summed E-state index contributed by atoms with van der Waals surface area (Å²) in [5.74, 6) is 0.547. The summed E-state index contributed by atoms with van der Waals surface area (Å²) in [5.41, 5.74) is 3.25. The van der Waals surface area contributed by atoms with Gasteiger partial charge < -0.3 is 14.6 Å². The molecule has 1 aromatic rings. The molecular weight excluding hydrogens is 288 g/mol. The summed E-state index contributed by atoms with van der Waals surface area (Å²) < 4.78 is 2.41. The number of amides is 1. The van der Waals surface area contributed by atoms with Crippen LogP contribution in [0, 0.1) is 19.8 Å². The van der Waals surface area contributed by atoms with Gasteiger partial charge in [0.2, 0.25) is 0 Å². The third kappa shape index (κ3) is 3.32. The van der Waals surface area contributed by atoms with Crippen LogP contribution in [0.3, 0.4) is 0 Å². The number of likely N-dealkylation sites (tertiary alicyclic amines) is 1. The molecule has 0 atom stereocenters. The number of aromatic nitrogens is 1. The first-order chi connectivity index (χ1) is 11.1. The number of aliphatic hydroxyl groups is 1. The van der Waals surface area contributed by atoms with Crippen LogP contribution in [0.1, 0.15) is 72.7 Å². The molecule has 1 aliphatic carbocycles. The highest BCUT2D eigenvalue weighted by atomic mass is 16.3. The highest BCUT2D eigenvalue weighted by Gasteiger charge is 2.27. The summed E-state index contributed by atoms with van der Waals surface area (Å²) in [6, 6.07) is 2.66. The van der Waals surface area contributed by atoms with Crippen LogP contribution in [0.2, 0.25) is 0 Å². The molecule has 1 saturated heterocycles. The second-order valence-corrected chi connectivity index (χ2v) is 7.36. The summed E-state index contributed by atoms with van der Waals surface area (Å²) in [4.78, 5) is 14.9. The van der Waals surface area contributed by atoms with Crippen LogP contribution >= 0.6 is 0 Å². The molecule has 1 amide bonds. The van der Waals surface area contributed by atoms with Crippen molar-refractivity contribution in [3.8, 4) is 0 Å². The highest BCUT2D eigenvalue weighted by molar-refractivity contribution is 5.95. The van der Waals surface area contributed by atoms with Crippen LogP contribution in [0.4, 0.5) is 0 Å². The first-order valence-corrected chi connectivity index (χ1v) is 9.20. The fraction of sp³-hybridized carbons (Fsp3) is 0.737. The quantitative estimate of drug-likeness (QED) is 0.927. The predicted octanol–water partition coefficient (Wildman–Crippen LogP) is 3.45. The number of nitrogens with zero attached hydrogens (tertiary/aromatic N) is 2. The van der Waals surface area contributed by atoms with Gasteiger partial charge in [-0.1, -0.05) is 19.3 Å². The van der Waals surface area contributed by atoms with Crippen molar-refractivity contribution in [2.45, 2.75) is 64.8 Å². The molecule has 128 valence electrons. The van der Waals surface area contributed by atoms with Crippen LogP contribution in [0.25, 0.3) is 0 Å². The van der Waals surface area contributed by atoms with Crippen LogP contribution in [0.5, 0.6) is 0 Å². The molecule has 2 fully saturated rings. The number of carbonyl (C=O) groups excluding carboxylic acids is 1. The van der Waals surface area contributed by atoms with E-state index < -0.39 is 0 Å². The fourth-order valence-electron chi connectivity index (χ4n) is 4.38. The van der Waals surface area contributed by atoms with E-state index in [-0.39, 0.29) is 12.5 Å². The van der Waals surface area contributed by atoms with Crippen molar-refractivity contribution >= 4 is 5.91 Å². The number of hydrogen-bond acceptors (Lipinski definition) is 2. The minimum Gasteiger partial charge on any atom is -0.396 e. The molecule has 0 spiro atoms. The lowest BCUT2D eigenvalue weighted by atomic mass is 9.95. The smallest absolute Gasteiger partial charge is 0.255 e. The third-order valence-electron chi connectivity index (χ3n) is 5.81. The molecule has 0 unspecified atom stereocenters. The van der Waals surface area contributed by atoms with E-state index >= 15 is 0 Å². The number of aryl methyl sites for hydroxylation is 1. The van der Waals surface area contributed by atoms with Crippen molar-refractivity contribution < 1.29 is 9.90 Å². The Kier molecular flexibility index (Phi) is 5.10. The maximum atomic E-state index is 12.9. The monoisotopic (exact) mass is 318 g/mol. The Hall–Kier alpha value is -1.29. The summed E-state index contributed by atoms with van der Waals surface area (Å²) in [7, 11) is 0. The van der Waals surface area contributed by atoms with Gasteiger partial charge in [-0.2, -0.15) is 0 Å². The Bertz CT molecular complexity index is 550. The zero-order chi connectivity index (χ0) is 16.4. The van der Waals surface area contributed by atoms with Gasteiger partial charge in [-0.15, -0.1) is 0 Å². The fourth-order valence-corrected chi connectivity index (χ4v) is 4.38. The molecule has 2 aliphatic rings. The minimum atomic E-state index is 0.177. The molecule has 4 nitrogen and oxygen atoms in total. The molecule has 1 N–H and O–H groups in total. The lowest BCUT2D eigenvalue weighted by Gasteiger charge is -2.31. The van der Waals surface area contributed by atoms with E-state index in [2.05, 4.69) is 24.5 Å². The largest absolute Gasteiger partial charge is 0.396 e. The molecule has 0 bridgehead atoms. The summed E-state index contributed by atoms with van der Waals surface area (Å²) in [6.45, 7) is 6.04. The molecule has 0 radical (unpaired) electrons. The number of aliphatic hydroxyl groups excluding tert-OH is 1. The Labute approximate surface area is 139 Å². The topological polar surface area (TPSA) is 45.5 Å². The lowest BCUT2D eigenvalue weighted by molar-refractivity contribution is 0.0650.